The summed E-state index contributed by atoms with van der Waals surface area (Å²) in [7, 11) is 0. The van der Waals surface area contributed by atoms with Crippen LogP contribution < -0.4 is 5.32 Å². The van der Waals surface area contributed by atoms with Gasteiger partial charge < -0.3 is 25.0 Å². The fourth-order valence-electron chi connectivity index (χ4n) is 3.95. The number of phenols is 1. The fraction of sp³-hybridized carbons (Fsp3) is 0.333. The van der Waals surface area contributed by atoms with Gasteiger partial charge in [0.1, 0.15) is 11.4 Å². The van der Waals surface area contributed by atoms with Crippen LogP contribution in [0.4, 0.5) is 10.5 Å². The molecule has 0 bridgehead atoms. The van der Waals surface area contributed by atoms with Crippen molar-refractivity contribution in [3.8, 4) is 5.75 Å². The Morgan fingerprint density at radius 3 is 2.41 bits per heavy atom. The van der Waals surface area contributed by atoms with Gasteiger partial charge in [0.25, 0.3) is 5.91 Å². The number of carbonyl (C=O) groups excluding carboxylic acids is 2. The number of ether oxygens (including phenoxy) is 1. The molecular formula is C24H26BrN3O4. The van der Waals surface area contributed by atoms with Crippen molar-refractivity contribution in [2.24, 2.45) is 0 Å². The molecule has 0 spiro atoms. The lowest BCUT2D eigenvalue weighted by Gasteiger charge is -2.38. The second-order valence-corrected chi connectivity index (χ2v) is 9.79. The SMILES string of the molecule is CC(C)(C)OC(=O)N1CCN(/C(=C2\C(=O)Nc3ccc(Br)cc32)c2cccc(O)c2)CC1. The van der Waals surface area contributed by atoms with Crippen molar-refractivity contribution in [3.63, 3.8) is 0 Å². The molecule has 1 fully saturated rings. The highest BCUT2D eigenvalue weighted by atomic mass is 79.9. The number of amides is 2. The van der Waals surface area contributed by atoms with E-state index in [1.165, 1.54) is 0 Å². The molecule has 8 heteroatoms. The number of piperazine rings is 1. The summed E-state index contributed by atoms with van der Waals surface area (Å²) in [5, 5.41) is 13.1. The van der Waals surface area contributed by atoms with Crippen molar-refractivity contribution in [2.75, 3.05) is 31.5 Å². The number of phenolic OH excluding ortho intramolecular Hbond substituents is 1. The predicted octanol–water partition coefficient (Wildman–Crippen LogP) is 4.53. The summed E-state index contributed by atoms with van der Waals surface area (Å²) in [5.74, 6) is -0.0631. The molecule has 2 aromatic rings. The Kier molecular flexibility index (Phi) is 5.90. The fourth-order valence-corrected chi connectivity index (χ4v) is 4.31. The minimum atomic E-state index is -0.554. The van der Waals surface area contributed by atoms with E-state index in [-0.39, 0.29) is 17.7 Å². The molecule has 32 heavy (non-hydrogen) atoms. The quantitative estimate of drug-likeness (QED) is 0.593. The molecule has 0 aliphatic carbocycles. The second kappa shape index (κ2) is 8.50. The van der Waals surface area contributed by atoms with E-state index >= 15 is 0 Å². The minimum absolute atomic E-state index is 0.126. The number of benzene rings is 2. The number of fused-ring (bicyclic) bond motifs is 1. The molecule has 2 heterocycles. The Bertz CT molecular complexity index is 1100. The molecule has 168 valence electrons. The van der Waals surface area contributed by atoms with Gasteiger partial charge in [0.05, 0.1) is 11.3 Å². The molecule has 7 nitrogen and oxygen atoms in total. The van der Waals surface area contributed by atoms with Crippen LogP contribution in [0.2, 0.25) is 0 Å². The maximum atomic E-state index is 13.1. The lowest BCUT2D eigenvalue weighted by molar-refractivity contribution is -0.110. The predicted molar refractivity (Wildman–Crippen MR) is 127 cm³/mol. The first-order valence-electron chi connectivity index (χ1n) is 10.5. The molecule has 0 unspecified atom stereocenters. The van der Waals surface area contributed by atoms with Crippen molar-refractivity contribution in [1.29, 1.82) is 0 Å². The summed E-state index contributed by atoms with van der Waals surface area (Å²) in [5.41, 5.74) is 3.03. The summed E-state index contributed by atoms with van der Waals surface area (Å²) < 4.78 is 6.37. The first kappa shape index (κ1) is 22.2. The highest BCUT2D eigenvalue weighted by Gasteiger charge is 2.33. The highest BCUT2D eigenvalue weighted by molar-refractivity contribution is 9.10. The van der Waals surface area contributed by atoms with Gasteiger partial charge in [-0.1, -0.05) is 28.1 Å². The smallest absolute Gasteiger partial charge is 0.410 e. The van der Waals surface area contributed by atoms with Gasteiger partial charge in [0.15, 0.2) is 0 Å². The largest absolute Gasteiger partial charge is 0.508 e. The molecule has 0 saturated carbocycles. The van der Waals surface area contributed by atoms with Gasteiger partial charge in [0, 0.05) is 47.5 Å². The molecule has 0 aromatic heterocycles. The molecule has 2 aliphatic rings. The van der Waals surface area contributed by atoms with Gasteiger partial charge in [-0.2, -0.15) is 0 Å². The van der Waals surface area contributed by atoms with Crippen molar-refractivity contribution in [1.82, 2.24) is 9.80 Å². The number of aromatic hydroxyl groups is 1. The Labute approximate surface area is 195 Å². The maximum Gasteiger partial charge on any atom is 0.410 e. The van der Waals surface area contributed by atoms with Gasteiger partial charge in [-0.25, -0.2) is 4.79 Å². The number of nitrogens with zero attached hydrogens (tertiary/aromatic N) is 2. The van der Waals surface area contributed by atoms with Crippen molar-refractivity contribution >= 4 is 44.9 Å². The van der Waals surface area contributed by atoms with Crippen LogP contribution in [0.1, 0.15) is 31.9 Å². The number of hydrogen-bond donors (Lipinski definition) is 2. The monoisotopic (exact) mass is 499 g/mol. The summed E-state index contributed by atoms with van der Waals surface area (Å²) in [6.07, 6.45) is -0.336. The van der Waals surface area contributed by atoms with Crippen LogP contribution in [0.15, 0.2) is 46.9 Å². The van der Waals surface area contributed by atoms with Gasteiger partial charge in [-0.3, -0.25) is 4.79 Å². The van der Waals surface area contributed by atoms with E-state index in [0.29, 0.717) is 31.8 Å². The van der Waals surface area contributed by atoms with Crippen molar-refractivity contribution < 1.29 is 19.4 Å². The molecule has 4 rings (SSSR count). The first-order chi connectivity index (χ1) is 15.1. The highest BCUT2D eigenvalue weighted by Crippen LogP contribution is 2.40. The van der Waals surface area contributed by atoms with E-state index in [4.69, 9.17) is 4.74 Å². The number of hydrogen-bond acceptors (Lipinski definition) is 5. The zero-order chi connectivity index (χ0) is 23.0. The number of nitrogens with one attached hydrogen (secondary N) is 1. The van der Waals surface area contributed by atoms with Crippen LogP contribution in [0.25, 0.3) is 11.3 Å². The topological polar surface area (TPSA) is 82.1 Å². The Hall–Kier alpha value is -3.00. The van der Waals surface area contributed by atoms with Crippen LogP contribution in [0.5, 0.6) is 5.75 Å². The number of halogens is 1. The van der Waals surface area contributed by atoms with Gasteiger partial charge in [0.2, 0.25) is 0 Å². The van der Waals surface area contributed by atoms with Crippen LogP contribution in [0.3, 0.4) is 0 Å². The molecule has 2 N–H and O–H groups in total. The average molecular weight is 500 g/mol. The van der Waals surface area contributed by atoms with E-state index < -0.39 is 5.60 Å². The molecule has 2 amide bonds. The lowest BCUT2D eigenvalue weighted by Crippen LogP contribution is -2.49. The van der Waals surface area contributed by atoms with Crippen LogP contribution in [-0.2, 0) is 9.53 Å². The summed E-state index contributed by atoms with van der Waals surface area (Å²) in [6.45, 7) is 7.54. The van der Waals surface area contributed by atoms with E-state index in [1.54, 1.807) is 23.1 Å². The Morgan fingerprint density at radius 1 is 1.06 bits per heavy atom. The molecule has 1 saturated heterocycles. The zero-order valence-corrected chi connectivity index (χ0v) is 19.9. The Balaban J connectivity index is 1.71. The lowest BCUT2D eigenvalue weighted by atomic mass is 9.98. The van der Waals surface area contributed by atoms with Gasteiger partial charge in [-0.15, -0.1) is 0 Å². The standard InChI is InChI=1S/C24H26BrN3O4/c1-24(2,3)32-23(31)28-11-9-27(10-12-28)21(15-5-4-6-17(29)13-15)20-18-14-16(25)7-8-19(18)26-22(20)30/h4-8,13-14,29H,9-12H2,1-3H3,(H,26,30)/b21-20-. The van der Waals surface area contributed by atoms with E-state index in [2.05, 4.69) is 26.1 Å². The third kappa shape index (κ3) is 4.60. The van der Waals surface area contributed by atoms with Crippen LogP contribution >= 0.6 is 15.9 Å². The third-order valence-electron chi connectivity index (χ3n) is 5.33. The Morgan fingerprint density at radius 2 is 1.75 bits per heavy atom. The number of carbonyl (C=O) groups is 2. The second-order valence-electron chi connectivity index (χ2n) is 8.87. The van der Waals surface area contributed by atoms with Crippen molar-refractivity contribution in [2.45, 2.75) is 26.4 Å². The summed E-state index contributed by atoms with van der Waals surface area (Å²) >= 11 is 3.50. The molecule has 0 radical (unpaired) electrons. The number of anilines is 1. The first-order valence-corrected chi connectivity index (χ1v) is 11.3. The van der Waals surface area contributed by atoms with Crippen LogP contribution in [-0.4, -0.2) is 58.7 Å². The minimum Gasteiger partial charge on any atom is -0.508 e. The molecule has 0 atom stereocenters. The molecular weight excluding hydrogens is 474 g/mol. The normalized spacial score (nSPS) is 17.7. The van der Waals surface area contributed by atoms with Crippen molar-refractivity contribution in [3.05, 3.63) is 58.1 Å². The molecule has 2 aromatic carbocycles. The zero-order valence-electron chi connectivity index (χ0n) is 18.3. The average Bonchev–Trinajstić information content (AvgIpc) is 3.03. The van der Waals surface area contributed by atoms with E-state index in [0.717, 1.165) is 27.0 Å². The number of rotatable bonds is 2. The van der Waals surface area contributed by atoms with Crippen LogP contribution in [0, 0.1) is 0 Å². The molecule has 2 aliphatic heterocycles. The summed E-state index contributed by atoms with van der Waals surface area (Å²) in [4.78, 5) is 29.3. The van der Waals surface area contributed by atoms with Gasteiger partial charge >= 0.3 is 6.09 Å². The van der Waals surface area contributed by atoms with Gasteiger partial charge in [-0.05, 0) is 51.1 Å². The third-order valence-corrected chi connectivity index (χ3v) is 5.82. The summed E-state index contributed by atoms with van der Waals surface area (Å²) in [6, 6.07) is 12.6. The van der Waals surface area contributed by atoms with E-state index in [9.17, 15) is 14.7 Å². The maximum absolute atomic E-state index is 13.1. The van der Waals surface area contributed by atoms with E-state index in [1.807, 2.05) is 45.0 Å².